The lowest BCUT2D eigenvalue weighted by Crippen LogP contribution is -2.32. The van der Waals surface area contributed by atoms with E-state index < -0.39 is 6.03 Å². The molecule has 0 saturated heterocycles. The number of benzene rings is 4. The van der Waals surface area contributed by atoms with Crippen LogP contribution >= 0.6 is 0 Å². The Morgan fingerprint density at radius 3 is 1.24 bits per heavy atom. The molecule has 0 radical (unpaired) electrons. The lowest BCUT2D eigenvalue weighted by Gasteiger charge is -2.18. The highest BCUT2D eigenvalue weighted by molar-refractivity contribution is 6.07. The molecule has 0 unspecified atom stereocenters. The minimum Gasteiger partial charge on any atom is -0.373 e. The van der Waals surface area contributed by atoms with Crippen LogP contribution in [0, 0.1) is 20.8 Å². The Morgan fingerprint density at radius 1 is 0.472 bits per heavy atom. The summed E-state index contributed by atoms with van der Waals surface area (Å²) in [7, 11) is 10.0. The second-order valence-electron chi connectivity index (χ2n) is 21.1. The van der Waals surface area contributed by atoms with Crippen molar-refractivity contribution in [3.05, 3.63) is 173 Å². The van der Waals surface area contributed by atoms with Gasteiger partial charge in [-0.2, -0.15) is 0 Å². The van der Waals surface area contributed by atoms with Gasteiger partial charge < -0.3 is 52.4 Å². The zero-order valence-electron chi connectivity index (χ0n) is 52.3. The van der Waals surface area contributed by atoms with Gasteiger partial charge in [-0.25, -0.2) is 44.3 Å². The first kappa shape index (κ1) is 67.1. The number of hydrogen-bond acceptors (Lipinski definition) is 17. The quantitative estimate of drug-likeness (QED) is 0.0361. The number of aromatic nitrogens is 7. The van der Waals surface area contributed by atoms with E-state index in [4.69, 9.17) is 4.52 Å². The predicted octanol–water partition coefficient (Wildman–Crippen LogP) is 10.5. The van der Waals surface area contributed by atoms with Crippen LogP contribution in [0.15, 0.2) is 133 Å². The van der Waals surface area contributed by atoms with Crippen LogP contribution in [0.25, 0.3) is 0 Å². The van der Waals surface area contributed by atoms with Gasteiger partial charge in [0.05, 0.1) is 0 Å². The predicted molar refractivity (Wildman–Crippen MR) is 349 cm³/mol. The van der Waals surface area contributed by atoms with Crippen molar-refractivity contribution in [2.75, 3.05) is 101 Å². The maximum Gasteiger partial charge on any atom is 0.327 e. The average Bonchev–Trinajstić information content (AvgIpc) is 2.70. The molecule has 0 aliphatic carbocycles. The van der Waals surface area contributed by atoms with Crippen molar-refractivity contribution in [3.8, 4) is 0 Å². The fourth-order valence-electron chi connectivity index (χ4n) is 7.84. The van der Waals surface area contributed by atoms with Crippen LogP contribution in [0.2, 0.25) is 0 Å². The van der Waals surface area contributed by atoms with Crippen molar-refractivity contribution < 1.29 is 33.3 Å². The highest BCUT2D eigenvalue weighted by atomic mass is 16.5. The molecule has 0 aliphatic rings. The third kappa shape index (κ3) is 19.5. The number of carbonyl (C=O) groups is 6. The minimum atomic E-state index is -0.405. The number of aryl methyl sites for hydroxylation is 3. The molecule has 0 spiro atoms. The lowest BCUT2D eigenvalue weighted by molar-refractivity contribution is 0.0944. The first-order valence-corrected chi connectivity index (χ1v) is 28.4. The summed E-state index contributed by atoms with van der Waals surface area (Å²) in [5, 5.41) is 29.6. The van der Waals surface area contributed by atoms with E-state index in [1.165, 1.54) is 33.7 Å². The molecule has 4 aromatic heterocycles. The average molecular weight is 1210 g/mol. The number of rotatable bonds is 18. The largest absolute Gasteiger partial charge is 0.373 e. The number of carbonyl (C=O) groups excluding carboxylic acids is 6. The molecule has 0 atom stereocenters. The smallest absolute Gasteiger partial charge is 0.327 e. The first-order chi connectivity index (χ1) is 42.5. The Bertz CT molecular complexity index is 3740. The topological polar surface area (TPSA) is 324 Å². The number of amides is 9. The van der Waals surface area contributed by atoms with Crippen molar-refractivity contribution in [1.82, 2.24) is 45.7 Å². The summed E-state index contributed by atoms with van der Waals surface area (Å²) in [4.78, 5) is 104. The van der Waals surface area contributed by atoms with Crippen molar-refractivity contribution in [1.29, 1.82) is 0 Å². The summed E-state index contributed by atoms with van der Waals surface area (Å²) in [6.45, 7) is 14.7. The maximum atomic E-state index is 12.7. The van der Waals surface area contributed by atoms with Gasteiger partial charge in [0.25, 0.3) is 17.7 Å². The number of hydrogen-bond donors (Lipinski definition) is 9. The van der Waals surface area contributed by atoms with E-state index in [1.807, 2.05) is 77.9 Å². The van der Waals surface area contributed by atoms with Crippen LogP contribution in [0.1, 0.15) is 99.6 Å². The van der Waals surface area contributed by atoms with E-state index in [9.17, 15) is 28.8 Å². The SMILES string of the molecule is CCCCNC(=O)c1ccc(C)c(NC(=O)N(C)c2cc(NC)ncn2)c1.CNc1cc(N(C)C(=O)Nc2cc(C(=O)NCc3ccccc3)ccc2C)ncn1.CNc1cc(N(C)C(=O)Nc2cc(C(=O)Nc3cc(C(C)(C)C)on3)ccc2C)ncn1. The van der Waals surface area contributed by atoms with Gasteiger partial charge >= 0.3 is 18.1 Å². The van der Waals surface area contributed by atoms with Gasteiger partial charge in [0.2, 0.25) is 0 Å². The normalized spacial score (nSPS) is 10.5. The fourth-order valence-corrected chi connectivity index (χ4v) is 7.84. The van der Waals surface area contributed by atoms with Crippen LogP contribution < -0.4 is 62.6 Å². The van der Waals surface area contributed by atoms with E-state index in [-0.39, 0.29) is 35.2 Å². The van der Waals surface area contributed by atoms with Crippen LogP contribution in [-0.4, -0.2) is 120 Å². The Balaban J connectivity index is 0.000000214. The van der Waals surface area contributed by atoms with Gasteiger partial charge in [-0.05, 0) is 85.8 Å². The third-order valence-corrected chi connectivity index (χ3v) is 13.5. The van der Waals surface area contributed by atoms with Gasteiger partial charge in [0.15, 0.2) is 5.82 Å². The third-order valence-electron chi connectivity index (χ3n) is 13.5. The molecule has 8 rings (SSSR count). The Kier molecular flexibility index (Phi) is 24.0. The highest BCUT2D eigenvalue weighted by Crippen LogP contribution is 2.27. The number of nitrogens with zero attached hydrogens (tertiary/aromatic N) is 10. The zero-order valence-corrected chi connectivity index (χ0v) is 52.3. The van der Waals surface area contributed by atoms with Gasteiger partial charge in [-0.1, -0.05) is 87.8 Å². The molecule has 9 amide bonds. The molecule has 466 valence electrons. The molecule has 26 nitrogen and oxygen atoms in total. The molecule has 0 fully saturated rings. The Hall–Kier alpha value is -11.1. The van der Waals surface area contributed by atoms with Crippen LogP contribution in [0.5, 0.6) is 0 Å². The maximum absolute atomic E-state index is 12.7. The van der Waals surface area contributed by atoms with Crippen molar-refractivity contribution >= 4 is 93.6 Å². The van der Waals surface area contributed by atoms with Crippen LogP contribution in [-0.2, 0) is 12.0 Å². The second kappa shape index (κ2) is 31.9. The first-order valence-electron chi connectivity index (χ1n) is 28.4. The molecule has 8 aromatic rings. The van der Waals surface area contributed by atoms with E-state index in [0.29, 0.717) is 93.3 Å². The molecular weight excluding hydrogens is 1130 g/mol. The van der Waals surface area contributed by atoms with Crippen LogP contribution in [0.3, 0.4) is 0 Å². The Labute approximate surface area is 517 Å². The molecule has 4 aromatic carbocycles. The van der Waals surface area contributed by atoms with Gasteiger partial charge in [-0.3, -0.25) is 29.1 Å². The summed E-state index contributed by atoms with van der Waals surface area (Å²) in [6.07, 6.45) is 6.08. The van der Waals surface area contributed by atoms with E-state index in [2.05, 4.69) is 89.8 Å². The van der Waals surface area contributed by atoms with Gasteiger partial charge in [0.1, 0.15) is 59.6 Å². The van der Waals surface area contributed by atoms with Gasteiger partial charge in [0, 0.05) is 119 Å². The summed E-state index contributed by atoms with van der Waals surface area (Å²) in [5.41, 5.74) is 6.29. The lowest BCUT2D eigenvalue weighted by atomic mass is 9.93. The zero-order chi connectivity index (χ0) is 64.8. The van der Waals surface area contributed by atoms with Gasteiger partial charge in [-0.15, -0.1) is 0 Å². The second-order valence-corrected chi connectivity index (χ2v) is 21.1. The Morgan fingerprint density at radius 2 is 0.865 bits per heavy atom. The number of anilines is 10. The standard InChI is InChI=1S/C22H27N7O3.C22H24N6O2.C19H26N6O2/c1-13-7-8-14(20(30)27-18-10-16(32-28-18)22(2,3)4)9-15(13)26-21(31)29(6)19-11-17(23-5)24-12-25-19;1-15-9-10-17(21(29)24-13-16-7-5-4-6-8-16)11-18(15)27-22(30)28(3)20-12-19(23-2)25-14-26-20;1-5-6-9-21-18(26)14-8-7-13(2)15(10-14)24-19(27)25(4)17-11-16(20-3)22-12-23-17/h7-12H,1-6H3,(H,26,31)(H,23,24,25)(H,27,28,30);4-12,14H,13H2,1-3H3,(H,24,29)(H,27,30)(H,23,25,26);7-8,10-12H,5-6,9H2,1-4H3,(H,21,26)(H,24,27)(H,20,22,23). The molecular formula is C63H77N19O7. The monoisotopic (exact) mass is 1210 g/mol. The highest BCUT2D eigenvalue weighted by Gasteiger charge is 2.23. The van der Waals surface area contributed by atoms with Crippen LogP contribution in [0.4, 0.5) is 72.2 Å². The fraction of sp³-hybridized carbons (Fsp3) is 0.286. The molecule has 4 heterocycles. The number of unbranched alkanes of at least 4 members (excludes halogenated alkanes) is 1. The van der Waals surface area contributed by atoms with E-state index in [0.717, 1.165) is 35.1 Å². The van der Waals surface area contributed by atoms with Crippen molar-refractivity contribution in [3.63, 3.8) is 0 Å². The molecule has 26 heteroatoms. The molecule has 9 N–H and O–H groups in total. The molecule has 0 saturated carbocycles. The number of nitrogens with one attached hydrogen (secondary N) is 9. The van der Waals surface area contributed by atoms with E-state index in [1.54, 1.807) is 115 Å². The van der Waals surface area contributed by atoms with E-state index >= 15 is 0 Å². The molecule has 0 aliphatic heterocycles. The summed E-state index contributed by atoms with van der Waals surface area (Å²) >= 11 is 0. The molecule has 89 heavy (non-hydrogen) atoms. The summed E-state index contributed by atoms with van der Waals surface area (Å²) < 4.78 is 5.30. The summed E-state index contributed by atoms with van der Waals surface area (Å²) in [5.74, 6) is 3.40. The molecule has 0 bridgehead atoms. The van der Waals surface area contributed by atoms with Crippen molar-refractivity contribution in [2.45, 2.75) is 73.3 Å². The number of urea groups is 3. The summed E-state index contributed by atoms with van der Waals surface area (Å²) in [6, 6.07) is 30.7. The minimum absolute atomic E-state index is 0.151. The van der Waals surface area contributed by atoms with Crippen molar-refractivity contribution in [2.24, 2.45) is 0 Å².